The van der Waals surface area contributed by atoms with E-state index in [9.17, 15) is 9.59 Å². The van der Waals surface area contributed by atoms with Crippen LogP contribution in [0.2, 0.25) is 0 Å². The molecule has 0 saturated carbocycles. The number of rotatable bonds is 8. The maximum absolute atomic E-state index is 12.3. The molecular formula is C19H26N4O3. The van der Waals surface area contributed by atoms with Gasteiger partial charge in [0.15, 0.2) is 0 Å². The Morgan fingerprint density at radius 1 is 1.19 bits per heavy atom. The van der Waals surface area contributed by atoms with Crippen LogP contribution in [0.15, 0.2) is 28.7 Å². The summed E-state index contributed by atoms with van der Waals surface area (Å²) in [7, 11) is 0. The molecule has 2 amide bonds. The summed E-state index contributed by atoms with van der Waals surface area (Å²) in [6.07, 6.45) is 0.568. The van der Waals surface area contributed by atoms with Gasteiger partial charge in [-0.15, -0.1) is 10.2 Å². The lowest BCUT2D eigenvalue weighted by Gasteiger charge is -2.20. The van der Waals surface area contributed by atoms with E-state index < -0.39 is 0 Å². The van der Waals surface area contributed by atoms with Crippen molar-refractivity contribution in [2.45, 2.75) is 46.6 Å². The summed E-state index contributed by atoms with van der Waals surface area (Å²) >= 11 is 0. The smallest absolute Gasteiger partial charge is 0.247 e. The first-order chi connectivity index (χ1) is 12.4. The average Bonchev–Trinajstić information content (AvgIpc) is 3.06. The summed E-state index contributed by atoms with van der Waals surface area (Å²) in [6, 6.07) is 7.84. The molecule has 0 unspecified atom stereocenters. The lowest BCUT2D eigenvalue weighted by molar-refractivity contribution is -0.136. The number of nitrogens with one attached hydrogen (secondary N) is 1. The molecule has 0 aliphatic heterocycles. The molecular weight excluding hydrogens is 332 g/mol. The first-order valence-electron chi connectivity index (χ1n) is 8.85. The third-order valence-electron chi connectivity index (χ3n) is 3.84. The molecule has 2 rings (SSSR count). The van der Waals surface area contributed by atoms with Gasteiger partial charge in [-0.1, -0.05) is 17.7 Å². The van der Waals surface area contributed by atoms with E-state index >= 15 is 0 Å². The number of likely N-dealkylation sites (N-methyl/N-ethyl adjacent to an activating group) is 1. The topological polar surface area (TPSA) is 88.3 Å². The van der Waals surface area contributed by atoms with Crippen LogP contribution in [-0.4, -0.2) is 46.0 Å². The molecule has 1 heterocycles. The largest absolute Gasteiger partial charge is 0.421 e. The van der Waals surface area contributed by atoms with Crippen LogP contribution < -0.4 is 5.32 Å². The van der Waals surface area contributed by atoms with Crippen LogP contribution >= 0.6 is 0 Å². The number of aryl methyl sites for hydroxylation is 2. The minimum absolute atomic E-state index is 0.0508. The highest BCUT2D eigenvalue weighted by atomic mass is 16.4. The van der Waals surface area contributed by atoms with Gasteiger partial charge in [-0.25, -0.2) is 0 Å². The van der Waals surface area contributed by atoms with Crippen molar-refractivity contribution in [3.8, 4) is 11.5 Å². The highest BCUT2D eigenvalue weighted by molar-refractivity contribution is 5.84. The van der Waals surface area contributed by atoms with Crippen LogP contribution in [-0.2, 0) is 16.0 Å². The molecule has 2 aromatic rings. The lowest BCUT2D eigenvalue weighted by Crippen LogP contribution is -2.42. The van der Waals surface area contributed by atoms with Gasteiger partial charge in [-0.05, 0) is 39.8 Å². The normalized spacial score (nSPS) is 10.8. The maximum atomic E-state index is 12.3. The SMILES string of the molecule is CCN(CC(=O)NC(C)C)C(=O)CCc1nnc(-c2ccc(C)cc2)o1. The summed E-state index contributed by atoms with van der Waals surface area (Å²) in [5, 5.41) is 10.8. The van der Waals surface area contributed by atoms with E-state index in [0.717, 1.165) is 11.1 Å². The molecule has 7 heteroatoms. The van der Waals surface area contributed by atoms with Gasteiger partial charge < -0.3 is 14.6 Å². The number of carbonyl (C=O) groups excluding carboxylic acids is 2. The number of aromatic nitrogens is 2. The van der Waals surface area contributed by atoms with Gasteiger partial charge in [0, 0.05) is 31.0 Å². The fraction of sp³-hybridized carbons (Fsp3) is 0.474. The van der Waals surface area contributed by atoms with Crippen molar-refractivity contribution >= 4 is 11.8 Å². The summed E-state index contributed by atoms with van der Waals surface area (Å²) in [5.74, 6) is 0.587. The molecule has 0 aliphatic carbocycles. The Labute approximate surface area is 153 Å². The highest BCUT2D eigenvalue weighted by Crippen LogP contribution is 2.18. The monoisotopic (exact) mass is 358 g/mol. The predicted molar refractivity (Wildman–Crippen MR) is 98.3 cm³/mol. The van der Waals surface area contributed by atoms with Gasteiger partial charge in [-0.2, -0.15) is 0 Å². The number of carbonyl (C=O) groups is 2. The molecule has 0 aliphatic rings. The molecule has 1 aromatic heterocycles. The minimum atomic E-state index is -0.158. The molecule has 0 spiro atoms. The Bertz CT molecular complexity index is 737. The van der Waals surface area contributed by atoms with Crippen molar-refractivity contribution in [3.05, 3.63) is 35.7 Å². The van der Waals surface area contributed by atoms with Crippen LogP contribution in [0.1, 0.15) is 38.6 Å². The number of hydrogen-bond acceptors (Lipinski definition) is 5. The highest BCUT2D eigenvalue weighted by Gasteiger charge is 2.17. The van der Waals surface area contributed by atoms with Crippen molar-refractivity contribution in [1.29, 1.82) is 0 Å². The number of benzene rings is 1. The van der Waals surface area contributed by atoms with Crippen molar-refractivity contribution < 1.29 is 14.0 Å². The maximum Gasteiger partial charge on any atom is 0.247 e. The Balaban J connectivity index is 1.90. The average molecular weight is 358 g/mol. The zero-order valence-corrected chi connectivity index (χ0v) is 15.8. The standard InChI is InChI=1S/C19H26N4O3/c1-5-23(12-16(24)20-13(2)3)18(25)11-10-17-21-22-19(26-17)15-8-6-14(4)7-9-15/h6-9,13H,5,10-12H2,1-4H3,(H,20,24). The van der Waals surface area contributed by atoms with Crippen LogP contribution in [0, 0.1) is 6.92 Å². The van der Waals surface area contributed by atoms with Crippen LogP contribution in [0.3, 0.4) is 0 Å². The third-order valence-corrected chi connectivity index (χ3v) is 3.84. The Morgan fingerprint density at radius 2 is 1.88 bits per heavy atom. The number of hydrogen-bond donors (Lipinski definition) is 1. The van der Waals surface area contributed by atoms with E-state index in [1.807, 2.05) is 52.0 Å². The van der Waals surface area contributed by atoms with Crippen LogP contribution in [0.5, 0.6) is 0 Å². The quantitative estimate of drug-likeness (QED) is 0.782. The Hall–Kier alpha value is -2.70. The molecule has 0 fully saturated rings. The molecule has 7 nitrogen and oxygen atoms in total. The van der Waals surface area contributed by atoms with Crippen LogP contribution in [0.25, 0.3) is 11.5 Å². The zero-order chi connectivity index (χ0) is 19.1. The molecule has 1 aromatic carbocycles. The molecule has 140 valence electrons. The van der Waals surface area contributed by atoms with Crippen LogP contribution in [0.4, 0.5) is 0 Å². The fourth-order valence-corrected chi connectivity index (χ4v) is 2.46. The lowest BCUT2D eigenvalue weighted by atomic mass is 10.1. The van der Waals surface area contributed by atoms with Crippen molar-refractivity contribution in [1.82, 2.24) is 20.4 Å². The van der Waals surface area contributed by atoms with Gasteiger partial charge in [0.1, 0.15) is 0 Å². The zero-order valence-electron chi connectivity index (χ0n) is 15.8. The Kier molecular flexibility index (Phi) is 6.89. The number of nitrogens with zero attached hydrogens (tertiary/aromatic N) is 3. The van der Waals surface area contributed by atoms with E-state index in [-0.39, 0.29) is 30.8 Å². The molecule has 0 bridgehead atoms. The second-order valence-electron chi connectivity index (χ2n) is 6.50. The van der Waals surface area contributed by atoms with E-state index in [1.54, 1.807) is 0 Å². The Morgan fingerprint density at radius 3 is 2.50 bits per heavy atom. The first-order valence-corrected chi connectivity index (χ1v) is 8.85. The summed E-state index contributed by atoms with van der Waals surface area (Å²) in [6.45, 7) is 8.17. The summed E-state index contributed by atoms with van der Waals surface area (Å²) < 4.78 is 5.63. The first kappa shape index (κ1) is 19.6. The van der Waals surface area contributed by atoms with Crippen molar-refractivity contribution in [2.24, 2.45) is 0 Å². The van der Waals surface area contributed by atoms with E-state index in [0.29, 0.717) is 24.7 Å². The molecule has 0 saturated heterocycles. The van der Waals surface area contributed by atoms with E-state index in [1.165, 1.54) is 4.90 Å². The second kappa shape index (κ2) is 9.12. The van der Waals surface area contributed by atoms with Gasteiger partial charge >= 0.3 is 0 Å². The molecule has 1 N–H and O–H groups in total. The summed E-state index contributed by atoms with van der Waals surface area (Å²) in [5.41, 5.74) is 2.00. The third kappa shape index (κ3) is 5.68. The molecule has 0 radical (unpaired) electrons. The van der Waals surface area contributed by atoms with E-state index in [2.05, 4.69) is 15.5 Å². The number of amides is 2. The fourth-order valence-electron chi connectivity index (χ4n) is 2.46. The minimum Gasteiger partial charge on any atom is -0.421 e. The predicted octanol–water partition coefficient (Wildman–Crippen LogP) is 2.35. The molecule has 26 heavy (non-hydrogen) atoms. The van der Waals surface area contributed by atoms with Crippen molar-refractivity contribution in [2.75, 3.05) is 13.1 Å². The van der Waals surface area contributed by atoms with Gasteiger partial charge in [0.2, 0.25) is 23.6 Å². The second-order valence-corrected chi connectivity index (χ2v) is 6.50. The van der Waals surface area contributed by atoms with Gasteiger partial charge in [0.05, 0.1) is 6.54 Å². The van der Waals surface area contributed by atoms with Crippen molar-refractivity contribution in [3.63, 3.8) is 0 Å². The van der Waals surface area contributed by atoms with Gasteiger partial charge in [0.25, 0.3) is 0 Å². The molecule has 0 atom stereocenters. The van der Waals surface area contributed by atoms with Gasteiger partial charge in [-0.3, -0.25) is 9.59 Å². The van der Waals surface area contributed by atoms with E-state index in [4.69, 9.17) is 4.42 Å². The summed E-state index contributed by atoms with van der Waals surface area (Å²) in [4.78, 5) is 25.7.